The molecule has 0 atom stereocenters. The first-order valence-corrected chi connectivity index (χ1v) is 5.78. The molecule has 3 N–H and O–H groups in total. The van der Waals surface area contributed by atoms with E-state index >= 15 is 0 Å². The maximum absolute atomic E-state index is 13.0. The van der Waals surface area contributed by atoms with Crippen LogP contribution in [-0.4, -0.2) is 4.98 Å². The Morgan fingerprint density at radius 2 is 1.89 bits per heavy atom. The number of aryl methyl sites for hydroxylation is 1. The summed E-state index contributed by atoms with van der Waals surface area (Å²) in [7, 11) is 0. The molecule has 3 nitrogen and oxygen atoms in total. The number of hydrogen-bond acceptors (Lipinski definition) is 3. The van der Waals surface area contributed by atoms with Crippen LogP contribution in [0.2, 0.25) is 5.02 Å². The zero-order valence-corrected chi connectivity index (χ0v) is 10.9. The Kier molecular flexibility index (Phi) is 3.32. The maximum Gasteiger partial charge on any atom is 0.433 e. The largest absolute Gasteiger partial charge is 0.433 e. The molecule has 0 amide bonds. The van der Waals surface area contributed by atoms with Gasteiger partial charge in [0.1, 0.15) is 5.69 Å². The number of rotatable bonds is 1. The lowest BCUT2D eigenvalue weighted by Gasteiger charge is -2.17. The quantitative estimate of drug-likeness (QED) is 0.620. The molecule has 1 aromatic heterocycles. The minimum Gasteiger partial charge on any atom is -0.323 e. The molecule has 0 aliphatic rings. The Balaban J connectivity index is 2.99. The number of fused-ring (bicyclic) bond motifs is 1. The number of halogens is 4. The van der Waals surface area contributed by atoms with Crippen molar-refractivity contribution in [1.82, 2.24) is 4.98 Å². The summed E-state index contributed by atoms with van der Waals surface area (Å²) in [5.41, 5.74) is 2.32. The van der Waals surface area contributed by atoms with Gasteiger partial charge in [0.15, 0.2) is 0 Å². The molecule has 7 heteroatoms. The van der Waals surface area contributed by atoms with E-state index in [-0.39, 0.29) is 21.8 Å². The number of alkyl halides is 3. The third-order valence-corrected chi connectivity index (χ3v) is 3.26. The predicted octanol–water partition coefficient (Wildman–Crippen LogP) is 3.81. The summed E-state index contributed by atoms with van der Waals surface area (Å²) in [6, 6.07) is 3.22. The Labute approximate surface area is 112 Å². The molecule has 1 heterocycles. The van der Waals surface area contributed by atoms with E-state index < -0.39 is 11.9 Å². The second-order valence-corrected chi connectivity index (χ2v) is 4.60. The highest BCUT2D eigenvalue weighted by Crippen LogP contribution is 2.39. The molecular formula is C12H11ClF3N3. The number of anilines is 1. The second-order valence-electron chi connectivity index (χ2n) is 4.19. The average molecular weight is 290 g/mol. The molecule has 0 spiro atoms. The van der Waals surface area contributed by atoms with E-state index in [1.165, 1.54) is 13.0 Å². The molecule has 0 radical (unpaired) electrons. The Bertz CT molecular complexity index is 653. The maximum atomic E-state index is 13.0. The van der Waals surface area contributed by atoms with Crippen LogP contribution in [0.15, 0.2) is 12.1 Å². The van der Waals surface area contributed by atoms with Crippen LogP contribution in [0.4, 0.5) is 18.9 Å². The highest BCUT2D eigenvalue weighted by molar-refractivity contribution is 6.35. The van der Waals surface area contributed by atoms with Gasteiger partial charge in [-0.2, -0.15) is 13.2 Å². The van der Waals surface area contributed by atoms with E-state index in [0.29, 0.717) is 5.39 Å². The zero-order chi connectivity index (χ0) is 14.4. The standard InChI is InChI=1S/C12H11ClF3N3/c1-5-3-4-7(13)10-8(5)9(19-17)6(2)11(18-10)12(14,15)16/h3-4H,17H2,1-2H3,(H,18,19). The number of aromatic nitrogens is 1. The van der Waals surface area contributed by atoms with Crippen molar-refractivity contribution in [2.75, 3.05) is 5.43 Å². The molecule has 1 aromatic carbocycles. The Hall–Kier alpha value is -1.53. The normalized spacial score (nSPS) is 11.9. The number of nitrogen functional groups attached to an aromatic ring is 1. The van der Waals surface area contributed by atoms with E-state index in [1.807, 2.05) is 0 Å². The molecule has 2 aromatic rings. The third-order valence-electron chi connectivity index (χ3n) is 2.95. The van der Waals surface area contributed by atoms with Crippen molar-refractivity contribution < 1.29 is 13.2 Å². The van der Waals surface area contributed by atoms with Crippen LogP contribution in [0.5, 0.6) is 0 Å². The van der Waals surface area contributed by atoms with E-state index in [1.54, 1.807) is 13.0 Å². The number of nitrogens with two attached hydrogens (primary N) is 1. The summed E-state index contributed by atoms with van der Waals surface area (Å²) >= 11 is 5.93. The van der Waals surface area contributed by atoms with Crippen LogP contribution in [0, 0.1) is 13.8 Å². The fourth-order valence-corrected chi connectivity index (χ4v) is 2.25. The number of benzene rings is 1. The summed E-state index contributed by atoms with van der Waals surface area (Å²) in [5, 5.41) is 0.656. The summed E-state index contributed by atoms with van der Waals surface area (Å²) in [6.07, 6.45) is -4.56. The molecule has 0 fully saturated rings. The lowest BCUT2D eigenvalue weighted by atomic mass is 10.0. The first-order chi connectivity index (χ1) is 8.77. The predicted molar refractivity (Wildman–Crippen MR) is 69.0 cm³/mol. The van der Waals surface area contributed by atoms with Gasteiger partial charge in [0.2, 0.25) is 0 Å². The molecule has 102 valence electrons. The first-order valence-electron chi connectivity index (χ1n) is 5.40. The molecule has 0 unspecified atom stereocenters. The van der Waals surface area contributed by atoms with Gasteiger partial charge in [-0.25, -0.2) is 4.98 Å². The molecule has 0 aliphatic carbocycles. The SMILES string of the molecule is Cc1c(C(F)(F)F)nc2c(Cl)ccc(C)c2c1NN. The number of hydrazine groups is 1. The van der Waals surface area contributed by atoms with E-state index in [0.717, 1.165) is 5.56 Å². The van der Waals surface area contributed by atoms with Gasteiger partial charge in [0.05, 0.1) is 16.2 Å². The lowest BCUT2D eigenvalue weighted by Crippen LogP contribution is -2.16. The summed E-state index contributed by atoms with van der Waals surface area (Å²) in [6.45, 7) is 3.08. The van der Waals surface area contributed by atoms with Crippen LogP contribution in [0.1, 0.15) is 16.8 Å². The van der Waals surface area contributed by atoms with Gasteiger partial charge in [-0.3, -0.25) is 5.84 Å². The van der Waals surface area contributed by atoms with Crippen molar-refractivity contribution in [3.05, 3.63) is 34.0 Å². The number of hydrogen-bond donors (Lipinski definition) is 2. The Morgan fingerprint density at radius 3 is 2.42 bits per heavy atom. The van der Waals surface area contributed by atoms with E-state index in [4.69, 9.17) is 17.4 Å². The minimum absolute atomic E-state index is 0.0483. The molecule has 0 aliphatic heterocycles. The van der Waals surface area contributed by atoms with Crippen LogP contribution < -0.4 is 11.3 Å². The van der Waals surface area contributed by atoms with Crippen molar-refractivity contribution in [3.8, 4) is 0 Å². The lowest BCUT2D eigenvalue weighted by molar-refractivity contribution is -0.141. The third kappa shape index (κ3) is 2.21. The summed E-state index contributed by atoms with van der Waals surface area (Å²) in [5.74, 6) is 5.36. The molecular weight excluding hydrogens is 279 g/mol. The van der Waals surface area contributed by atoms with Gasteiger partial charge in [0, 0.05) is 10.9 Å². The van der Waals surface area contributed by atoms with Crippen LogP contribution >= 0.6 is 11.6 Å². The topological polar surface area (TPSA) is 50.9 Å². The van der Waals surface area contributed by atoms with Gasteiger partial charge in [-0.15, -0.1) is 0 Å². The van der Waals surface area contributed by atoms with Crippen LogP contribution in [0.25, 0.3) is 10.9 Å². The van der Waals surface area contributed by atoms with E-state index in [2.05, 4.69) is 10.4 Å². The van der Waals surface area contributed by atoms with Crippen molar-refractivity contribution in [2.45, 2.75) is 20.0 Å². The van der Waals surface area contributed by atoms with E-state index in [9.17, 15) is 13.2 Å². The number of nitrogens with one attached hydrogen (secondary N) is 1. The molecule has 0 bridgehead atoms. The fourth-order valence-electron chi connectivity index (χ4n) is 2.05. The molecule has 2 rings (SSSR count). The van der Waals surface area contributed by atoms with Gasteiger partial charge in [-0.05, 0) is 25.5 Å². The minimum atomic E-state index is -4.56. The van der Waals surface area contributed by atoms with Gasteiger partial charge >= 0.3 is 6.18 Å². The number of nitrogens with zero attached hydrogens (tertiary/aromatic N) is 1. The fraction of sp³-hybridized carbons (Fsp3) is 0.250. The van der Waals surface area contributed by atoms with Crippen molar-refractivity contribution in [1.29, 1.82) is 0 Å². The summed E-state index contributed by atoms with van der Waals surface area (Å²) < 4.78 is 38.9. The monoisotopic (exact) mass is 289 g/mol. The second kappa shape index (κ2) is 4.54. The van der Waals surface area contributed by atoms with Crippen LogP contribution in [-0.2, 0) is 6.18 Å². The Morgan fingerprint density at radius 1 is 1.26 bits per heavy atom. The van der Waals surface area contributed by atoms with Crippen molar-refractivity contribution in [3.63, 3.8) is 0 Å². The summed E-state index contributed by atoms with van der Waals surface area (Å²) in [4.78, 5) is 3.66. The highest BCUT2D eigenvalue weighted by atomic mass is 35.5. The molecule has 0 saturated heterocycles. The first kappa shape index (κ1) is 13.9. The van der Waals surface area contributed by atoms with Crippen molar-refractivity contribution in [2.24, 2.45) is 5.84 Å². The smallest absolute Gasteiger partial charge is 0.323 e. The zero-order valence-electron chi connectivity index (χ0n) is 10.2. The number of pyridine rings is 1. The highest BCUT2D eigenvalue weighted by Gasteiger charge is 2.36. The van der Waals surface area contributed by atoms with Crippen molar-refractivity contribution >= 4 is 28.2 Å². The van der Waals surface area contributed by atoms with Gasteiger partial charge in [0.25, 0.3) is 0 Å². The van der Waals surface area contributed by atoms with Gasteiger partial charge < -0.3 is 5.43 Å². The van der Waals surface area contributed by atoms with Crippen LogP contribution in [0.3, 0.4) is 0 Å². The molecule has 0 saturated carbocycles. The molecule has 19 heavy (non-hydrogen) atoms. The average Bonchev–Trinajstić information content (AvgIpc) is 2.32. The van der Waals surface area contributed by atoms with Gasteiger partial charge in [-0.1, -0.05) is 17.7 Å².